The van der Waals surface area contributed by atoms with Crippen LogP contribution in [0.3, 0.4) is 0 Å². The van der Waals surface area contributed by atoms with Crippen LogP contribution in [0.5, 0.6) is 0 Å². The topological polar surface area (TPSA) is 18.5 Å². The molecular formula is C17H28O2. The van der Waals surface area contributed by atoms with Crippen molar-refractivity contribution in [1.29, 1.82) is 0 Å². The van der Waals surface area contributed by atoms with Gasteiger partial charge in [0.05, 0.1) is 11.2 Å². The number of hydrogen-bond donors (Lipinski definition) is 0. The van der Waals surface area contributed by atoms with E-state index in [0.29, 0.717) is 5.92 Å². The summed E-state index contributed by atoms with van der Waals surface area (Å²) in [5.74, 6) is 0.456. The van der Waals surface area contributed by atoms with E-state index in [1.54, 1.807) is 14.2 Å². The molecule has 2 heteroatoms. The molecule has 0 saturated heterocycles. The smallest absolute Gasteiger partial charge is 0.0874 e. The van der Waals surface area contributed by atoms with E-state index in [9.17, 15) is 0 Å². The maximum Gasteiger partial charge on any atom is 0.0874 e. The van der Waals surface area contributed by atoms with Crippen LogP contribution in [-0.2, 0) is 20.7 Å². The predicted molar refractivity (Wildman–Crippen MR) is 80.6 cm³/mol. The highest BCUT2D eigenvalue weighted by molar-refractivity contribution is 5.39. The van der Waals surface area contributed by atoms with E-state index in [1.165, 1.54) is 16.7 Å². The number of ether oxygens (including phenoxy) is 2. The Morgan fingerprint density at radius 1 is 0.895 bits per heavy atom. The molecule has 0 radical (unpaired) electrons. The highest BCUT2D eigenvalue weighted by Gasteiger charge is 2.27. The molecule has 1 rings (SSSR count). The molecule has 19 heavy (non-hydrogen) atoms. The summed E-state index contributed by atoms with van der Waals surface area (Å²) >= 11 is 0. The first-order valence-corrected chi connectivity index (χ1v) is 6.91. The average Bonchev–Trinajstić information content (AvgIpc) is 2.37. The Balaban J connectivity index is 3.39. The highest BCUT2D eigenvalue weighted by atomic mass is 16.5. The third-order valence-corrected chi connectivity index (χ3v) is 4.04. The van der Waals surface area contributed by atoms with Gasteiger partial charge in [-0.3, -0.25) is 0 Å². The molecule has 0 atom stereocenters. The minimum atomic E-state index is -0.269. The summed E-state index contributed by atoms with van der Waals surface area (Å²) in [6.07, 6.45) is 0. The van der Waals surface area contributed by atoms with Crippen LogP contribution < -0.4 is 0 Å². The van der Waals surface area contributed by atoms with Gasteiger partial charge in [-0.1, -0.05) is 32.0 Å². The van der Waals surface area contributed by atoms with Crippen molar-refractivity contribution in [2.45, 2.75) is 58.7 Å². The summed E-state index contributed by atoms with van der Waals surface area (Å²) in [4.78, 5) is 0. The van der Waals surface area contributed by atoms with Crippen molar-refractivity contribution in [3.05, 3.63) is 34.9 Å². The first-order chi connectivity index (χ1) is 8.65. The highest BCUT2D eigenvalue weighted by Crippen LogP contribution is 2.35. The van der Waals surface area contributed by atoms with Crippen molar-refractivity contribution in [2.24, 2.45) is 0 Å². The third-order valence-electron chi connectivity index (χ3n) is 4.04. The van der Waals surface area contributed by atoms with Gasteiger partial charge < -0.3 is 9.47 Å². The van der Waals surface area contributed by atoms with E-state index in [1.807, 2.05) is 0 Å². The average molecular weight is 264 g/mol. The van der Waals surface area contributed by atoms with Gasteiger partial charge >= 0.3 is 0 Å². The van der Waals surface area contributed by atoms with E-state index in [-0.39, 0.29) is 11.2 Å². The molecule has 0 N–H and O–H groups in total. The Morgan fingerprint density at radius 2 is 1.42 bits per heavy atom. The lowest BCUT2D eigenvalue weighted by Gasteiger charge is -2.31. The molecule has 0 fully saturated rings. The zero-order chi connectivity index (χ0) is 14.8. The zero-order valence-electron chi connectivity index (χ0n) is 13.6. The lowest BCUT2D eigenvalue weighted by Crippen LogP contribution is -2.24. The number of hydrogen-bond acceptors (Lipinski definition) is 2. The largest absolute Gasteiger partial charge is 0.374 e. The molecule has 0 unspecified atom stereocenters. The molecule has 0 aliphatic carbocycles. The van der Waals surface area contributed by atoms with Gasteiger partial charge in [-0.2, -0.15) is 0 Å². The van der Waals surface area contributed by atoms with Crippen molar-refractivity contribution in [2.75, 3.05) is 14.2 Å². The Bertz CT molecular complexity index is 431. The van der Waals surface area contributed by atoms with E-state index in [0.717, 1.165) is 0 Å². The molecule has 1 aromatic carbocycles. The number of rotatable bonds is 5. The van der Waals surface area contributed by atoms with Gasteiger partial charge in [0.2, 0.25) is 0 Å². The van der Waals surface area contributed by atoms with Gasteiger partial charge in [-0.05, 0) is 50.3 Å². The van der Waals surface area contributed by atoms with Crippen LogP contribution in [-0.4, -0.2) is 14.2 Å². The molecule has 108 valence electrons. The maximum absolute atomic E-state index is 5.64. The van der Waals surface area contributed by atoms with Crippen molar-refractivity contribution < 1.29 is 9.47 Å². The van der Waals surface area contributed by atoms with E-state index < -0.39 is 0 Å². The Morgan fingerprint density at radius 3 is 1.84 bits per heavy atom. The molecule has 2 nitrogen and oxygen atoms in total. The van der Waals surface area contributed by atoms with Crippen LogP contribution >= 0.6 is 0 Å². The number of methoxy groups -OCH3 is 2. The van der Waals surface area contributed by atoms with Gasteiger partial charge in [-0.15, -0.1) is 0 Å². The van der Waals surface area contributed by atoms with Crippen LogP contribution in [0.25, 0.3) is 0 Å². The SMILES string of the molecule is COC(C)(C)c1ccc(C(C)(C)OC)c(C(C)C)c1. The van der Waals surface area contributed by atoms with Crippen LogP contribution in [0.15, 0.2) is 18.2 Å². The lowest BCUT2D eigenvalue weighted by molar-refractivity contribution is 0.0153. The fourth-order valence-electron chi connectivity index (χ4n) is 2.19. The van der Waals surface area contributed by atoms with E-state index in [4.69, 9.17) is 9.47 Å². The molecule has 0 spiro atoms. The zero-order valence-corrected chi connectivity index (χ0v) is 13.6. The summed E-state index contributed by atoms with van der Waals surface area (Å²) in [7, 11) is 3.51. The molecule has 0 saturated carbocycles. The molecular weight excluding hydrogens is 236 g/mol. The van der Waals surface area contributed by atoms with Crippen LogP contribution in [0.4, 0.5) is 0 Å². The van der Waals surface area contributed by atoms with Gasteiger partial charge in [0, 0.05) is 14.2 Å². The van der Waals surface area contributed by atoms with Crippen molar-refractivity contribution >= 4 is 0 Å². The second-order valence-corrected chi connectivity index (χ2v) is 6.39. The summed E-state index contributed by atoms with van der Waals surface area (Å²) in [6.45, 7) is 12.8. The van der Waals surface area contributed by atoms with Crippen molar-refractivity contribution in [1.82, 2.24) is 0 Å². The molecule has 0 aliphatic rings. The summed E-state index contributed by atoms with van der Waals surface area (Å²) in [5, 5.41) is 0. The minimum absolute atomic E-state index is 0.264. The normalized spacial score (nSPS) is 13.1. The first-order valence-electron chi connectivity index (χ1n) is 6.91. The summed E-state index contributed by atoms with van der Waals surface area (Å²) < 4.78 is 11.2. The van der Waals surface area contributed by atoms with Crippen molar-refractivity contribution in [3.63, 3.8) is 0 Å². The second-order valence-electron chi connectivity index (χ2n) is 6.39. The van der Waals surface area contributed by atoms with Crippen LogP contribution in [0.1, 0.15) is 64.2 Å². The molecule has 0 aromatic heterocycles. The summed E-state index contributed by atoms with van der Waals surface area (Å²) in [6, 6.07) is 6.57. The number of benzene rings is 1. The van der Waals surface area contributed by atoms with Crippen molar-refractivity contribution in [3.8, 4) is 0 Å². The molecule has 0 bridgehead atoms. The predicted octanol–water partition coefficient (Wildman–Crippen LogP) is 4.57. The standard InChI is InChI=1S/C17H28O2/c1-12(2)14-11-13(16(3,4)18-7)9-10-15(14)17(5,6)19-8/h9-12H,1-8H3. The summed E-state index contributed by atoms with van der Waals surface area (Å²) in [5.41, 5.74) is 3.25. The van der Waals surface area contributed by atoms with Gasteiger partial charge in [-0.25, -0.2) is 0 Å². The minimum Gasteiger partial charge on any atom is -0.374 e. The Hall–Kier alpha value is -0.860. The monoisotopic (exact) mass is 264 g/mol. The Kier molecular flexibility index (Phi) is 4.81. The second kappa shape index (κ2) is 5.64. The maximum atomic E-state index is 5.64. The molecule has 1 aromatic rings. The fourth-order valence-corrected chi connectivity index (χ4v) is 2.19. The Labute approximate surface area is 118 Å². The van der Waals surface area contributed by atoms with Gasteiger partial charge in [0.25, 0.3) is 0 Å². The van der Waals surface area contributed by atoms with E-state index >= 15 is 0 Å². The van der Waals surface area contributed by atoms with Gasteiger partial charge in [0.15, 0.2) is 0 Å². The van der Waals surface area contributed by atoms with Gasteiger partial charge in [0.1, 0.15) is 0 Å². The molecule has 0 amide bonds. The lowest BCUT2D eigenvalue weighted by atomic mass is 9.84. The molecule has 0 aliphatic heterocycles. The van der Waals surface area contributed by atoms with Crippen LogP contribution in [0, 0.1) is 0 Å². The van der Waals surface area contributed by atoms with Crippen LogP contribution in [0.2, 0.25) is 0 Å². The quantitative estimate of drug-likeness (QED) is 0.775. The fraction of sp³-hybridized carbons (Fsp3) is 0.647. The third kappa shape index (κ3) is 3.37. The first kappa shape index (κ1) is 16.2. The van der Waals surface area contributed by atoms with E-state index in [2.05, 4.69) is 59.7 Å². The molecule has 0 heterocycles.